The fourth-order valence-electron chi connectivity index (χ4n) is 7.89. The largest absolute Gasteiger partial charge is 0.455 e. The maximum absolute atomic E-state index is 14.7. The lowest BCUT2D eigenvalue weighted by molar-refractivity contribution is -0.163. The molecule has 3 aliphatic heterocycles. The van der Waals surface area contributed by atoms with Crippen LogP contribution < -0.4 is 5.32 Å². The van der Waals surface area contributed by atoms with Crippen LogP contribution in [-0.2, 0) is 28.7 Å². The van der Waals surface area contributed by atoms with Crippen LogP contribution in [0.4, 0.5) is 0 Å². The molecule has 4 rings (SSSR count). The summed E-state index contributed by atoms with van der Waals surface area (Å²) in [4.78, 5) is 59.4. The standard InChI is InChI=1S/C37H52BrN3O7/c1-8-11-18-28(43)39-24(7)31(25-16-13-12-14-17-25)47-36(46)29-30-34(44)41(27(21-42)22(4)5)33(37(30)20-26(38)32(29)48-37)35(45)40(19-10-3)23(6)15-9-2/h8,10,12-14,16-17,22-24,26-27,29-33,42H,1,3,9,11,15,18-21H2,2,4-7H3,(H,39,43)/t23?,24-,26?,27-,29+,30-,31-,32+,33+,37-/m0/s1. The van der Waals surface area contributed by atoms with E-state index < -0.39 is 59.6 Å². The number of nitrogens with zero attached hydrogens (tertiary/aromatic N) is 2. The Kier molecular flexibility index (Phi) is 12.7. The fraction of sp³-hybridized carbons (Fsp3) is 0.622. The number of benzene rings is 1. The number of aliphatic hydroxyl groups is 1. The van der Waals surface area contributed by atoms with Crippen LogP contribution in [0.2, 0.25) is 0 Å². The summed E-state index contributed by atoms with van der Waals surface area (Å²) in [5.41, 5.74) is -0.619. The zero-order valence-electron chi connectivity index (χ0n) is 28.8. The smallest absolute Gasteiger partial charge is 0.313 e. The number of allylic oxidation sites excluding steroid dienone is 1. The molecule has 0 saturated carbocycles. The Morgan fingerprint density at radius 1 is 1.19 bits per heavy atom. The molecule has 0 aliphatic carbocycles. The minimum atomic E-state index is -1.31. The lowest BCUT2D eigenvalue weighted by Crippen LogP contribution is -2.61. The van der Waals surface area contributed by atoms with Crippen molar-refractivity contribution in [2.75, 3.05) is 13.2 Å². The van der Waals surface area contributed by atoms with Gasteiger partial charge in [0.15, 0.2) is 0 Å². The quantitative estimate of drug-likeness (QED) is 0.135. The molecule has 48 heavy (non-hydrogen) atoms. The third-order valence-corrected chi connectivity index (χ3v) is 11.0. The summed E-state index contributed by atoms with van der Waals surface area (Å²) in [6, 6.07) is 6.73. The van der Waals surface area contributed by atoms with Gasteiger partial charge < -0.3 is 29.7 Å². The number of aliphatic hydroxyl groups excluding tert-OH is 1. The highest BCUT2D eigenvalue weighted by Gasteiger charge is 2.77. The molecule has 3 amide bonds. The predicted octanol–water partition coefficient (Wildman–Crippen LogP) is 4.71. The second-order valence-corrected chi connectivity index (χ2v) is 14.9. The molecule has 2 unspecified atom stereocenters. The van der Waals surface area contributed by atoms with Crippen LogP contribution in [-0.4, -0.2) is 92.4 Å². The van der Waals surface area contributed by atoms with E-state index >= 15 is 0 Å². The summed E-state index contributed by atoms with van der Waals surface area (Å²) in [6.45, 7) is 17.1. The number of carbonyl (C=O) groups is 4. The molecule has 10 nitrogen and oxygen atoms in total. The van der Waals surface area contributed by atoms with Crippen LogP contribution >= 0.6 is 15.9 Å². The maximum atomic E-state index is 14.7. The van der Waals surface area contributed by atoms with Crippen molar-refractivity contribution in [1.29, 1.82) is 0 Å². The van der Waals surface area contributed by atoms with E-state index in [-0.39, 0.29) is 48.2 Å². The average molecular weight is 731 g/mol. The molecule has 3 fully saturated rings. The maximum Gasteiger partial charge on any atom is 0.313 e. The summed E-state index contributed by atoms with van der Waals surface area (Å²) in [6.07, 6.45) is 4.49. The van der Waals surface area contributed by atoms with Crippen molar-refractivity contribution < 1.29 is 33.8 Å². The molecular formula is C37H52BrN3O7. The Balaban J connectivity index is 1.75. The van der Waals surface area contributed by atoms with E-state index in [2.05, 4.69) is 41.3 Å². The van der Waals surface area contributed by atoms with Gasteiger partial charge in [-0.3, -0.25) is 19.2 Å². The number of ether oxygens (including phenoxy) is 2. The molecule has 10 atom stereocenters. The number of rotatable bonds is 17. The highest BCUT2D eigenvalue weighted by molar-refractivity contribution is 9.09. The SMILES string of the molecule is C=CCCC(=O)N[C@@H](C)[C@H](OC(=O)[C@H]1[C@@H]2O[C@@]3(CC2Br)[C@@H]1C(=O)N([C@@H](CO)C(C)C)[C@@H]3C(=O)N(CC=C)C(C)CCC)c1ccccc1. The first kappa shape index (κ1) is 37.8. The number of nitrogens with one attached hydrogen (secondary N) is 1. The lowest BCUT2D eigenvalue weighted by Gasteiger charge is -2.41. The van der Waals surface area contributed by atoms with E-state index in [1.165, 1.54) is 4.90 Å². The van der Waals surface area contributed by atoms with Gasteiger partial charge in [-0.1, -0.05) is 85.6 Å². The number of halogens is 1. The van der Waals surface area contributed by atoms with Gasteiger partial charge >= 0.3 is 5.97 Å². The highest BCUT2D eigenvalue weighted by atomic mass is 79.9. The number of hydrogen-bond acceptors (Lipinski definition) is 7. The van der Waals surface area contributed by atoms with Crippen LogP contribution in [0, 0.1) is 17.8 Å². The van der Waals surface area contributed by atoms with Crippen molar-refractivity contribution in [2.45, 2.75) is 114 Å². The molecule has 1 spiro atoms. The molecule has 2 bridgehead atoms. The third kappa shape index (κ3) is 7.14. The summed E-state index contributed by atoms with van der Waals surface area (Å²) < 4.78 is 13.0. The molecule has 2 N–H and O–H groups in total. The Bertz CT molecular complexity index is 1340. The highest BCUT2D eigenvalue weighted by Crippen LogP contribution is 2.61. The fourth-order valence-corrected chi connectivity index (χ4v) is 8.83. The van der Waals surface area contributed by atoms with Crippen molar-refractivity contribution in [3.05, 3.63) is 61.2 Å². The van der Waals surface area contributed by atoms with Crippen molar-refractivity contribution in [2.24, 2.45) is 17.8 Å². The zero-order chi connectivity index (χ0) is 35.3. The first-order valence-corrected chi connectivity index (χ1v) is 18.1. The number of amides is 3. The monoisotopic (exact) mass is 729 g/mol. The van der Waals surface area contributed by atoms with E-state index in [9.17, 15) is 24.3 Å². The van der Waals surface area contributed by atoms with Crippen LogP contribution in [0.25, 0.3) is 0 Å². The molecular weight excluding hydrogens is 678 g/mol. The number of carbonyl (C=O) groups excluding carboxylic acids is 4. The second kappa shape index (κ2) is 16.1. The van der Waals surface area contributed by atoms with E-state index in [1.807, 2.05) is 51.1 Å². The molecule has 0 aromatic heterocycles. The first-order valence-electron chi connectivity index (χ1n) is 17.2. The zero-order valence-corrected chi connectivity index (χ0v) is 30.4. The van der Waals surface area contributed by atoms with E-state index in [0.717, 1.165) is 12.8 Å². The minimum absolute atomic E-state index is 0.131. The summed E-state index contributed by atoms with van der Waals surface area (Å²) in [5, 5.41) is 13.5. The van der Waals surface area contributed by atoms with Crippen molar-refractivity contribution in [3.63, 3.8) is 0 Å². The van der Waals surface area contributed by atoms with Gasteiger partial charge in [0.25, 0.3) is 0 Å². The molecule has 0 radical (unpaired) electrons. The van der Waals surface area contributed by atoms with E-state index in [1.54, 1.807) is 24.0 Å². The summed E-state index contributed by atoms with van der Waals surface area (Å²) >= 11 is 3.74. The number of fused-ring (bicyclic) bond motifs is 1. The Morgan fingerprint density at radius 3 is 2.46 bits per heavy atom. The normalized spacial score (nSPS) is 28.4. The van der Waals surface area contributed by atoms with Gasteiger partial charge in [0.05, 0.1) is 36.6 Å². The van der Waals surface area contributed by atoms with E-state index in [0.29, 0.717) is 18.4 Å². The molecule has 3 heterocycles. The van der Waals surface area contributed by atoms with Gasteiger partial charge in [0, 0.05) is 23.8 Å². The Labute approximate surface area is 293 Å². The summed E-state index contributed by atoms with van der Waals surface area (Å²) in [7, 11) is 0. The van der Waals surface area contributed by atoms with Crippen molar-refractivity contribution in [3.8, 4) is 0 Å². The molecule has 3 saturated heterocycles. The topological polar surface area (TPSA) is 125 Å². The second-order valence-electron chi connectivity index (χ2n) is 13.8. The Hall–Kier alpha value is -3.02. The van der Waals surface area contributed by atoms with E-state index in [4.69, 9.17) is 9.47 Å². The Morgan fingerprint density at radius 2 is 1.88 bits per heavy atom. The number of esters is 1. The van der Waals surface area contributed by atoms with Gasteiger partial charge in [0.2, 0.25) is 17.7 Å². The van der Waals surface area contributed by atoms with Crippen LogP contribution in [0.5, 0.6) is 0 Å². The van der Waals surface area contributed by atoms with Gasteiger partial charge in [-0.25, -0.2) is 0 Å². The van der Waals surface area contributed by atoms with Crippen LogP contribution in [0.1, 0.15) is 78.4 Å². The third-order valence-electron chi connectivity index (χ3n) is 10.2. The summed E-state index contributed by atoms with van der Waals surface area (Å²) in [5.74, 6) is -3.70. The van der Waals surface area contributed by atoms with Gasteiger partial charge in [-0.05, 0) is 44.6 Å². The molecule has 1 aromatic carbocycles. The first-order chi connectivity index (χ1) is 22.9. The van der Waals surface area contributed by atoms with Crippen molar-refractivity contribution >= 4 is 39.6 Å². The van der Waals surface area contributed by atoms with Gasteiger partial charge in [-0.2, -0.15) is 0 Å². The number of hydrogen-bond donors (Lipinski definition) is 2. The number of likely N-dealkylation sites (tertiary alicyclic amines) is 1. The molecule has 1 aromatic rings. The number of alkyl halides is 1. The van der Waals surface area contributed by atoms with Crippen molar-refractivity contribution in [1.82, 2.24) is 15.1 Å². The van der Waals surface area contributed by atoms with Gasteiger partial charge in [0.1, 0.15) is 17.7 Å². The molecule has 3 aliphatic rings. The molecule has 264 valence electrons. The minimum Gasteiger partial charge on any atom is -0.455 e. The van der Waals surface area contributed by atoms with Crippen LogP contribution in [0.15, 0.2) is 55.6 Å². The average Bonchev–Trinajstić information content (AvgIpc) is 3.65. The van der Waals surface area contributed by atoms with Crippen LogP contribution in [0.3, 0.4) is 0 Å². The van der Waals surface area contributed by atoms with Gasteiger partial charge in [-0.15, -0.1) is 13.2 Å². The lowest BCUT2D eigenvalue weighted by atomic mass is 9.70. The predicted molar refractivity (Wildman–Crippen MR) is 187 cm³/mol. The molecule has 11 heteroatoms.